The second-order valence-corrected chi connectivity index (χ2v) is 3.23. The molecule has 0 amide bonds. The van der Waals surface area contributed by atoms with E-state index < -0.39 is 0 Å². The first kappa shape index (κ1) is 8.98. The third-order valence-corrected chi connectivity index (χ3v) is 2.35. The van der Waals surface area contributed by atoms with Gasteiger partial charge in [-0.15, -0.1) is 11.6 Å². The number of rotatable bonds is 1. The van der Waals surface area contributed by atoms with E-state index in [0.717, 1.165) is 16.5 Å². The van der Waals surface area contributed by atoms with Crippen LogP contribution in [0.15, 0.2) is 30.5 Å². The summed E-state index contributed by atoms with van der Waals surface area (Å²) < 4.78 is 0. The second-order valence-electron chi connectivity index (χ2n) is 2.96. The fourth-order valence-electron chi connectivity index (χ4n) is 1.42. The van der Waals surface area contributed by atoms with Crippen LogP contribution in [0.1, 0.15) is 11.1 Å². The number of aromatic nitrogens is 1. The van der Waals surface area contributed by atoms with Crippen LogP contribution < -0.4 is 0 Å². The molecule has 0 atom stereocenters. The fraction of sp³-hybridized carbons (Fsp3) is 0.0909. The molecule has 0 spiro atoms. The molecular weight excluding hydrogens is 196 g/mol. The van der Waals surface area contributed by atoms with Gasteiger partial charge in [0, 0.05) is 17.5 Å². The van der Waals surface area contributed by atoms with Gasteiger partial charge in [0.25, 0.3) is 0 Å². The summed E-state index contributed by atoms with van der Waals surface area (Å²) in [6.07, 6.45) is 1.68. The van der Waals surface area contributed by atoms with Gasteiger partial charge in [-0.25, -0.2) is 0 Å². The molecule has 0 N–H and O–H groups in total. The summed E-state index contributed by atoms with van der Waals surface area (Å²) in [4.78, 5) is 4.16. The van der Waals surface area contributed by atoms with E-state index in [2.05, 4.69) is 11.1 Å². The number of nitrogens with zero attached hydrogens (tertiary/aromatic N) is 2. The Bertz CT molecular complexity index is 514. The van der Waals surface area contributed by atoms with E-state index in [0.29, 0.717) is 11.4 Å². The number of pyridine rings is 1. The third kappa shape index (κ3) is 1.43. The summed E-state index contributed by atoms with van der Waals surface area (Å²) in [7, 11) is 0. The van der Waals surface area contributed by atoms with Gasteiger partial charge in [0.05, 0.1) is 11.1 Å². The maximum Gasteiger partial charge on any atom is 0.101 e. The first-order chi connectivity index (χ1) is 6.85. The van der Waals surface area contributed by atoms with Crippen molar-refractivity contribution in [3.63, 3.8) is 0 Å². The smallest absolute Gasteiger partial charge is 0.101 e. The van der Waals surface area contributed by atoms with Crippen molar-refractivity contribution in [1.29, 1.82) is 5.26 Å². The summed E-state index contributed by atoms with van der Waals surface area (Å²) in [5.41, 5.74) is 2.27. The molecule has 2 nitrogen and oxygen atoms in total. The molecule has 1 aromatic heterocycles. The lowest BCUT2D eigenvalue weighted by molar-refractivity contribution is 1.35. The summed E-state index contributed by atoms with van der Waals surface area (Å²) in [6.45, 7) is 0. The molecule has 0 aliphatic heterocycles. The molecule has 0 bridgehead atoms. The molecule has 1 aromatic carbocycles. The van der Waals surface area contributed by atoms with E-state index in [4.69, 9.17) is 16.9 Å². The molecular formula is C11H7ClN2. The highest BCUT2D eigenvalue weighted by atomic mass is 35.5. The van der Waals surface area contributed by atoms with Crippen LogP contribution in [0.2, 0.25) is 0 Å². The Hall–Kier alpha value is -1.59. The van der Waals surface area contributed by atoms with Gasteiger partial charge in [-0.1, -0.05) is 6.07 Å². The average Bonchev–Trinajstić information content (AvgIpc) is 2.27. The normalized spacial score (nSPS) is 10.0. The molecule has 0 radical (unpaired) electrons. The van der Waals surface area contributed by atoms with Crippen molar-refractivity contribution in [2.45, 2.75) is 5.88 Å². The molecule has 14 heavy (non-hydrogen) atoms. The quantitative estimate of drug-likeness (QED) is 0.667. The highest BCUT2D eigenvalue weighted by Gasteiger charge is 2.03. The van der Waals surface area contributed by atoms with Crippen LogP contribution in [-0.2, 0) is 5.88 Å². The lowest BCUT2D eigenvalue weighted by Crippen LogP contribution is -1.87. The number of fused-ring (bicyclic) bond motifs is 1. The van der Waals surface area contributed by atoms with Gasteiger partial charge in [0.1, 0.15) is 6.07 Å². The van der Waals surface area contributed by atoms with Gasteiger partial charge in [0.15, 0.2) is 0 Å². The van der Waals surface area contributed by atoms with E-state index in [-0.39, 0.29) is 0 Å². The van der Waals surface area contributed by atoms with Crippen molar-refractivity contribution < 1.29 is 0 Å². The van der Waals surface area contributed by atoms with Gasteiger partial charge >= 0.3 is 0 Å². The molecule has 0 aliphatic carbocycles. The van der Waals surface area contributed by atoms with Gasteiger partial charge in [-0.2, -0.15) is 5.26 Å². The van der Waals surface area contributed by atoms with Crippen LogP contribution in [0.5, 0.6) is 0 Å². The van der Waals surface area contributed by atoms with E-state index in [9.17, 15) is 0 Å². The standard InChI is InChI=1S/C11H7ClN2/c12-6-8-4-9-2-1-3-14-11(9)10(5-8)7-13/h1-5H,6H2. The Morgan fingerprint density at radius 2 is 2.29 bits per heavy atom. The van der Waals surface area contributed by atoms with Crippen molar-refractivity contribution in [2.24, 2.45) is 0 Å². The molecule has 2 aromatic rings. The Labute approximate surface area is 86.8 Å². The number of halogens is 1. The molecule has 0 saturated heterocycles. The fourth-order valence-corrected chi connectivity index (χ4v) is 1.57. The SMILES string of the molecule is N#Cc1cc(CCl)cc2cccnc12. The number of alkyl halides is 1. The predicted molar refractivity (Wildman–Crippen MR) is 56.0 cm³/mol. The summed E-state index contributed by atoms with van der Waals surface area (Å²) in [6, 6.07) is 9.64. The maximum absolute atomic E-state index is 8.92. The first-order valence-corrected chi connectivity index (χ1v) is 4.72. The molecule has 2 rings (SSSR count). The van der Waals surface area contributed by atoms with Crippen LogP contribution in [-0.4, -0.2) is 4.98 Å². The number of nitriles is 1. The molecule has 0 aliphatic rings. The number of hydrogen-bond acceptors (Lipinski definition) is 2. The van der Waals surface area contributed by atoms with Crippen molar-refractivity contribution >= 4 is 22.5 Å². The predicted octanol–water partition coefficient (Wildman–Crippen LogP) is 2.85. The number of hydrogen-bond donors (Lipinski definition) is 0. The molecule has 68 valence electrons. The zero-order chi connectivity index (χ0) is 9.97. The Morgan fingerprint density at radius 3 is 3.00 bits per heavy atom. The number of benzene rings is 1. The minimum Gasteiger partial charge on any atom is -0.255 e. The van der Waals surface area contributed by atoms with Crippen LogP contribution in [0.25, 0.3) is 10.9 Å². The van der Waals surface area contributed by atoms with E-state index in [1.165, 1.54) is 0 Å². The average molecular weight is 203 g/mol. The molecule has 0 saturated carbocycles. The highest BCUT2D eigenvalue weighted by Crippen LogP contribution is 2.19. The maximum atomic E-state index is 8.92. The zero-order valence-corrected chi connectivity index (χ0v) is 8.12. The summed E-state index contributed by atoms with van der Waals surface area (Å²) in [5.74, 6) is 0.416. The minimum atomic E-state index is 0.416. The Balaban J connectivity index is 2.82. The summed E-state index contributed by atoms with van der Waals surface area (Å²) >= 11 is 5.73. The third-order valence-electron chi connectivity index (χ3n) is 2.04. The lowest BCUT2D eigenvalue weighted by Gasteiger charge is -2.01. The lowest BCUT2D eigenvalue weighted by atomic mass is 10.1. The molecule has 1 heterocycles. The van der Waals surface area contributed by atoms with Crippen LogP contribution >= 0.6 is 11.6 Å². The first-order valence-electron chi connectivity index (χ1n) is 4.19. The Kier molecular flexibility index (Phi) is 2.34. The van der Waals surface area contributed by atoms with Crippen LogP contribution in [0, 0.1) is 11.3 Å². The van der Waals surface area contributed by atoms with Gasteiger partial charge < -0.3 is 0 Å². The minimum absolute atomic E-state index is 0.416. The van der Waals surface area contributed by atoms with Crippen LogP contribution in [0.4, 0.5) is 0 Å². The van der Waals surface area contributed by atoms with Crippen molar-refractivity contribution in [2.75, 3.05) is 0 Å². The second kappa shape index (κ2) is 3.65. The monoisotopic (exact) mass is 202 g/mol. The van der Waals surface area contributed by atoms with Crippen LogP contribution in [0.3, 0.4) is 0 Å². The van der Waals surface area contributed by atoms with E-state index in [1.54, 1.807) is 12.3 Å². The van der Waals surface area contributed by atoms with E-state index in [1.807, 2.05) is 18.2 Å². The van der Waals surface area contributed by atoms with Crippen molar-refractivity contribution in [1.82, 2.24) is 4.98 Å². The van der Waals surface area contributed by atoms with Gasteiger partial charge in [-0.05, 0) is 23.8 Å². The molecule has 0 fully saturated rings. The topological polar surface area (TPSA) is 36.7 Å². The summed E-state index contributed by atoms with van der Waals surface area (Å²) in [5, 5.41) is 9.88. The molecule has 3 heteroatoms. The van der Waals surface area contributed by atoms with Gasteiger partial charge in [0.2, 0.25) is 0 Å². The highest BCUT2D eigenvalue weighted by molar-refractivity contribution is 6.17. The molecule has 0 unspecified atom stereocenters. The van der Waals surface area contributed by atoms with E-state index >= 15 is 0 Å². The largest absolute Gasteiger partial charge is 0.255 e. The van der Waals surface area contributed by atoms with Crippen molar-refractivity contribution in [3.05, 3.63) is 41.6 Å². The van der Waals surface area contributed by atoms with Crippen molar-refractivity contribution in [3.8, 4) is 6.07 Å². The Morgan fingerprint density at radius 1 is 1.43 bits per heavy atom. The van der Waals surface area contributed by atoms with Gasteiger partial charge in [-0.3, -0.25) is 4.98 Å². The zero-order valence-electron chi connectivity index (χ0n) is 7.37.